The van der Waals surface area contributed by atoms with E-state index in [0.717, 1.165) is 14.2 Å². The van der Waals surface area contributed by atoms with Crippen LogP contribution in [0.1, 0.15) is 55.4 Å². The van der Waals surface area contributed by atoms with Crippen LogP contribution in [0.15, 0.2) is 33.4 Å². The second-order valence-corrected chi connectivity index (χ2v) is 5.60. The van der Waals surface area contributed by atoms with Crippen LogP contribution < -0.4 is 0 Å². The van der Waals surface area contributed by atoms with Crippen molar-refractivity contribution in [3.05, 3.63) is 60.4 Å². The first-order valence-corrected chi connectivity index (χ1v) is 12.1. The van der Waals surface area contributed by atoms with E-state index in [1.54, 1.807) is 0 Å². The van der Waals surface area contributed by atoms with E-state index in [9.17, 15) is 0 Å². The zero-order valence-electron chi connectivity index (χ0n) is 19.3. The Morgan fingerprint density at radius 3 is 0.885 bits per heavy atom. The van der Waals surface area contributed by atoms with Crippen LogP contribution in [0.3, 0.4) is 0 Å². The average molecular weight is 415 g/mol. The van der Waals surface area contributed by atoms with Crippen LogP contribution in [-0.2, 0) is 19.2 Å². The van der Waals surface area contributed by atoms with Crippen LogP contribution in [0.5, 0.6) is 0 Å². The van der Waals surface area contributed by atoms with Gasteiger partial charge in [-0.15, -0.1) is 13.8 Å². The molecular weight excluding hydrogens is 372 g/mol. The molecular formula is C22H42O2SiTi-4. The standard InChI is InChI=1S/2C9H13.2CH4O.2CH3.H2Si.Ti/c2*1-6-5-7(2)9(4)8(6)3;2*1-2;;;;/h2*6H,1-4H3;2*2H,1H3;2*1H3;1H2;/q2*-1;;;2*-1;;. The third-order valence-corrected chi connectivity index (χ3v) is 4.47. The molecule has 0 aromatic heterocycles. The molecule has 0 aliphatic heterocycles. The third-order valence-electron chi connectivity index (χ3n) is 4.47. The number of allylic oxidation sites excluding steroid dienone is 8. The molecule has 2 N–H and O–H groups in total. The van der Waals surface area contributed by atoms with Gasteiger partial charge in [-0.05, 0) is 0 Å². The van der Waals surface area contributed by atoms with E-state index >= 15 is 0 Å². The summed E-state index contributed by atoms with van der Waals surface area (Å²) >= 11 is 2.03. The first-order chi connectivity index (χ1) is 11.3. The first-order valence-electron chi connectivity index (χ1n) is 8.06. The van der Waals surface area contributed by atoms with Crippen molar-refractivity contribution in [1.82, 2.24) is 0 Å². The van der Waals surface area contributed by atoms with E-state index in [-0.39, 0.29) is 14.9 Å². The van der Waals surface area contributed by atoms with Gasteiger partial charge in [0, 0.05) is 14.2 Å². The molecule has 26 heavy (non-hydrogen) atoms. The van der Waals surface area contributed by atoms with E-state index in [1.165, 1.54) is 33.4 Å². The quantitative estimate of drug-likeness (QED) is 0.448. The molecule has 0 fully saturated rings. The maximum absolute atomic E-state index is 7.00. The Bertz CT molecular complexity index is 444. The number of hydrogen-bond acceptors (Lipinski definition) is 2. The van der Waals surface area contributed by atoms with Gasteiger partial charge in [-0.2, -0.15) is 22.3 Å². The Morgan fingerprint density at radius 1 is 0.654 bits per heavy atom. The minimum atomic E-state index is 0. The van der Waals surface area contributed by atoms with Crippen molar-refractivity contribution < 1.29 is 29.4 Å². The van der Waals surface area contributed by atoms with E-state index in [1.807, 2.05) is 26.8 Å². The number of rotatable bonds is 0. The number of aliphatic hydroxyl groups excluding tert-OH is 2. The average Bonchev–Trinajstić information content (AvgIpc) is 2.97. The fraction of sp³-hybridized carbons (Fsp3) is 0.545. The first kappa shape index (κ1) is 36.7. The van der Waals surface area contributed by atoms with Crippen LogP contribution >= 0.6 is 0 Å². The Morgan fingerprint density at radius 2 is 0.846 bits per heavy atom. The van der Waals surface area contributed by atoms with Crippen molar-refractivity contribution in [2.45, 2.75) is 55.4 Å². The molecule has 0 saturated carbocycles. The Labute approximate surface area is 178 Å². The molecule has 2 unspecified atom stereocenters. The minimum absolute atomic E-state index is 0. The summed E-state index contributed by atoms with van der Waals surface area (Å²) in [4.78, 5) is 0. The molecule has 0 saturated heterocycles. The van der Waals surface area contributed by atoms with Crippen molar-refractivity contribution in [2.75, 3.05) is 14.2 Å². The molecule has 2 aliphatic rings. The maximum atomic E-state index is 7.00. The molecule has 2 aliphatic carbocycles. The van der Waals surface area contributed by atoms with Gasteiger partial charge in [0.2, 0.25) is 0 Å². The molecule has 0 spiro atoms. The number of aliphatic hydroxyl groups is 2. The van der Waals surface area contributed by atoms with E-state index in [2.05, 4.69) is 67.5 Å². The topological polar surface area (TPSA) is 40.5 Å². The summed E-state index contributed by atoms with van der Waals surface area (Å²) in [6, 6.07) is 0. The molecule has 2 nitrogen and oxygen atoms in total. The second kappa shape index (κ2) is 21.1. The fourth-order valence-corrected chi connectivity index (χ4v) is 2.32. The Kier molecular flexibility index (Phi) is 29.8. The molecule has 2 rings (SSSR count). The Balaban J connectivity index is -0.0000000829. The van der Waals surface area contributed by atoms with Crippen molar-refractivity contribution in [1.29, 1.82) is 0 Å². The molecule has 0 aromatic carbocycles. The van der Waals surface area contributed by atoms with Gasteiger partial charge < -0.3 is 25.1 Å². The van der Waals surface area contributed by atoms with Crippen LogP contribution in [0.4, 0.5) is 0 Å². The molecule has 0 aromatic rings. The molecule has 4 heteroatoms. The Hall–Kier alpha value is -0.189. The van der Waals surface area contributed by atoms with Crippen LogP contribution in [0.25, 0.3) is 0 Å². The predicted octanol–water partition coefficient (Wildman–Crippen LogP) is 4.64. The SMILES string of the molecule is CC1=[C-]C(C)C(C)=C1C.CC1=[C-]C(C)C(C)=C1C.CO.CO.[CH3-].[CH3-].[SiH2]=[Ti]. The van der Waals surface area contributed by atoms with Gasteiger partial charge in [0.15, 0.2) is 0 Å². The number of hydrogen-bond donors (Lipinski definition) is 2. The molecule has 154 valence electrons. The van der Waals surface area contributed by atoms with Crippen molar-refractivity contribution in [2.24, 2.45) is 11.8 Å². The molecule has 0 radical (unpaired) electrons. The molecule has 2 atom stereocenters. The van der Waals surface area contributed by atoms with Crippen LogP contribution in [-0.4, -0.2) is 32.1 Å². The van der Waals surface area contributed by atoms with Gasteiger partial charge in [-0.1, -0.05) is 53.4 Å². The van der Waals surface area contributed by atoms with Gasteiger partial charge in [0.05, 0.1) is 0 Å². The second-order valence-electron chi connectivity index (χ2n) is 5.60. The van der Waals surface area contributed by atoms with Gasteiger partial charge >= 0.3 is 26.8 Å². The monoisotopic (exact) mass is 414 g/mol. The van der Waals surface area contributed by atoms with Crippen molar-refractivity contribution in [3.63, 3.8) is 0 Å². The van der Waals surface area contributed by atoms with Crippen LogP contribution in [0, 0.1) is 38.8 Å². The van der Waals surface area contributed by atoms with Gasteiger partial charge in [0.25, 0.3) is 0 Å². The van der Waals surface area contributed by atoms with Gasteiger partial charge in [-0.25, -0.2) is 11.1 Å². The van der Waals surface area contributed by atoms with E-state index < -0.39 is 0 Å². The summed E-state index contributed by atoms with van der Waals surface area (Å²) in [5, 5.41) is 14.0. The summed E-state index contributed by atoms with van der Waals surface area (Å²) < 4.78 is 0. The zero-order valence-corrected chi connectivity index (χ0v) is 22.2. The predicted molar refractivity (Wildman–Crippen MR) is 118 cm³/mol. The van der Waals surface area contributed by atoms with Gasteiger partial charge in [0.1, 0.15) is 0 Å². The summed E-state index contributed by atoms with van der Waals surface area (Å²) in [7, 11) is 3.86. The molecule has 0 bridgehead atoms. The normalized spacial score (nSPS) is 19.3. The molecule has 0 heterocycles. The molecule has 0 amide bonds. The summed E-state index contributed by atoms with van der Waals surface area (Å²) in [6.45, 7) is 17.3. The summed E-state index contributed by atoms with van der Waals surface area (Å²) in [6.07, 6.45) is 6.72. The third kappa shape index (κ3) is 12.2. The van der Waals surface area contributed by atoms with E-state index in [0.29, 0.717) is 11.8 Å². The van der Waals surface area contributed by atoms with E-state index in [4.69, 9.17) is 10.2 Å². The zero-order chi connectivity index (χ0) is 20.0. The van der Waals surface area contributed by atoms with Crippen molar-refractivity contribution >= 4 is 7.63 Å². The van der Waals surface area contributed by atoms with Crippen LogP contribution in [0.2, 0.25) is 0 Å². The summed E-state index contributed by atoms with van der Waals surface area (Å²) in [5.74, 6) is 1.12. The van der Waals surface area contributed by atoms with Crippen molar-refractivity contribution in [3.8, 4) is 0 Å². The van der Waals surface area contributed by atoms with Gasteiger partial charge in [-0.3, -0.25) is 12.2 Å². The summed E-state index contributed by atoms with van der Waals surface area (Å²) in [5.41, 5.74) is 8.49. The fourth-order valence-electron chi connectivity index (χ4n) is 2.32.